The van der Waals surface area contributed by atoms with Crippen LogP contribution in [0.1, 0.15) is 30.4 Å². The summed E-state index contributed by atoms with van der Waals surface area (Å²) in [6.45, 7) is 1.80. The van der Waals surface area contributed by atoms with Crippen LogP contribution in [0.25, 0.3) is 0 Å². The van der Waals surface area contributed by atoms with Gasteiger partial charge in [-0.2, -0.15) is 5.26 Å². The normalized spacial score (nSPS) is 20.6. The third-order valence-corrected chi connectivity index (χ3v) is 3.75. The molecule has 2 unspecified atom stereocenters. The minimum absolute atomic E-state index is 0.138. The third kappa shape index (κ3) is 3.51. The molecular weight excluding hydrogens is 270 g/mol. The van der Waals surface area contributed by atoms with Crippen LogP contribution in [-0.2, 0) is 4.79 Å². The molecule has 6 heteroatoms. The number of anilines is 1. The van der Waals surface area contributed by atoms with E-state index in [4.69, 9.17) is 10.4 Å². The molecule has 1 fully saturated rings. The number of carboxylic acid groups (broad SMARTS) is 1. The second-order valence-corrected chi connectivity index (χ2v) is 5.25. The van der Waals surface area contributed by atoms with Crippen LogP contribution in [0.2, 0.25) is 0 Å². The molecule has 21 heavy (non-hydrogen) atoms. The van der Waals surface area contributed by atoms with Crippen LogP contribution in [0.4, 0.5) is 10.5 Å². The number of urea groups is 1. The minimum atomic E-state index is -0.815. The van der Waals surface area contributed by atoms with Crippen LogP contribution < -0.4 is 10.6 Å². The zero-order valence-corrected chi connectivity index (χ0v) is 11.7. The molecule has 0 spiro atoms. The third-order valence-electron chi connectivity index (χ3n) is 3.75. The van der Waals surface area contributed by atoms with Gasteiger partial charge in [0.05, 0.1) is 17.2 Å². The van der Waals surface area contributed by atoms with Gasteiger partial charge in [0, 0.05) is 6.04 Å². The zero-order chi connectivity index (χ0) is 15.4. The molecule has 0 aliphatic heterocycles. The van der Waals surface area contributed by atoms with Crippen molar-refractivity contribution in [3.8, 4) is 6.07 Å². The molecule has 0 bridgehead atoms. The van der Waals surface area contributed by atoms with E-state index in [2.05, 4.69) is 16.7 Å². The Morgan fingerprint density at radius 3 is 2.76 bits per heavy atom. The molecule has 1 aliphatic carbocycles. The summed E-state index contributed by atoms with van der Waals surface area (Å²) >= 11 is 0. The van der Waals surface area contributed by atoms with E-state index in [1.165, 1.54) is 0 Å². The van der Waals surface area contributed by atoms with Crippen molar-refractivity contribution >= 4 is 17.7 Å². The summed E-state index contributed by atoms with van der Waals surface area (Å²) in [5.74, 6) is -1.20. The van der Waals surface area contributed by atoms with Crippen LogP contribution in [-0.4, -0.2) is 23.1 Å². The molecule has 1 aliphatic rings. The van der Waals surface area contributed by atoms with Crippen LogP contribution in [0.3, 0.4) is 0 Å². The van der Waals surface area contributed by atoms with Gasteiger partial charge in [-0.25, -0.2) is 4.79 Å². The number of aliphatic carboxylic acids is 1. The van der Waals surface area contributed by atoms with Gasteiger partial charge in [-0.05, 0) is 37.8 Å². The van der Waals surface area contributed by atoms with Crippen molar-refractivity contribution < 1.29 is 14.7 Å². The first kappa shape index (κ1) is 14.9. The summed E-state index contributed by atoms with van der Waals surface area (Å²) in [6, 6.07) is 6.75. The number of rotatable bonds is 3. The van der Waals surface area contributed by atoms with Gasteiger partial charge in [-0.3, -0.25) is 4.79 Å². The van der Waals surface area contributed by atoms with Gasteiger partial charge < -0.3 is 15.7 Å². The number of carbonyl (C=O) groups excluding carboxylic acids is 1. The van der Waals surface area contributed by atoms with Crippen LogP contribution in [0.5, 0.6) is 0 Å². The van der Waals surface area contributed by atoms with Gasteiger partial charge >= 0.3 is 12.0 Å². The molecular formula is C15H17N3O3. The van der Waals surface area contributed by atoms with Gasteiger partial charge in [-0.15, -0.1) is 0 Å². The maximum Gasteiger partial charge on any atom is 0.319 e. The molecule has 6 nitrogen and oxygen atoms in total. The van der Waals surface area contributed by atoms with Crippen molar-refractivity contribution in [3.05, 3.63) is 29.3 Å². The SMILES string of the molecule is Cc1cccc(NC(=O)NC2CCC(C(=O)O)C2)c1C#N. The van der Waals surface area contributed by atoms with Crippen LogP contribution in [0.15, 0.2) is 18.2 Å². The number of aryl methyl sites for hydroxylation is 1. The van der Waals surface area contributed by atoms with E-state index in [1.807, 2.05) is 0 Å². The molecule has 0 saturated heterocycles. The van der Waals surface area contributed by atoms with Gasteiger partial charge in [0.2, 0.25) is 0 Å². The van der Waals surface area contributed by atoms with E-state index in [0.717, 1.165) is 5.56 Å². The van der Waals surface area contributed by atoms with Crippen LogP contribution in [0, 0.1) is 24.2 Å². The molecule has 2 atom stereocenters. The predicted octanol–water partition coefficient (Wildman–Crippen LogP) is 2.24. The molecule has 2 rings (SSSR count). The standard InChI is InChI=1S/C15H17N3O3/c1-9-3-2-4-13(12(9)8-16)18-15(21)17-11-6-5-10(7-11)14(19)20/h2-4,10-11H,5-7H2,1H3,(H,19,20)(H2,17,18,21). The quantitative estimate of drug-likeness (QED) is 0.793. The number of benzene rings is 1. The fourth-order valence-corrected chi connectivity index (χ4v) is 2.60. The fraction of sp³-hybridized carbons (Fsp3) is 0.400. The zero-order valence-electron chi connectivity index (χ0n) is 11.7. The Hall–Kier alpha value is -2.55. The molecule has 1 aromatic rings. The number of hydrogen-bond donors (Lipinski definition) is 3. The van der Waals surface area contributed by atoms with Crippen molar-refractivity contribution in [2.45, 2.75) is 32.2 Å². The number of nitriles is 1. The Morgan fingerprint density at radius 1 is 1.38 bits per heavy atom. The molecule has 0 aromatic heterocycles. The predicted molar refractivity (Wildman–Crippen MR) is 76.8 cm³/mol. The average Bonchev–Trinajstić information content (AvgIpc) is 2.87. The highest BCUT2D eigenvalue weighted by molar-refractivity contribution is 5.91. The molecule has 2 amide bonds. The number of amides is 2. The lowest BCUT2D eigenvalue weighted by Gasteiger charge is -2.14. The highest BCUT2D eigenvalue weighted by atomic mass is 16.4. The van der Waals surface area contributed by atoms with Gasteiger partial charge in [0.25, 0.3) is 0 Å². The van der Waals surface area contributed by atoms with Crippen molar-refractivity contribution in [1.82, 2.24) is 5.32 Å². The van der Waals surface area contributed by atoms with Crippen molar-refractivity contribution in [1.29, 1.82) is 5.26 Å². The van der Waals surface area contributed by atoms with Gasteiger partial charge in [0.15, 0.2) is 0 Å². The highest BCUT2D eigenvalue weighted by Crippen LogP contribution is 2.26. The van der Waals surface area contributed by atoms with E-state index in [0.29, 0.717) is 30.5 Å². The minimum Gasteiger partial charge on any atom is -0.481 e. The average molecular weight is 287 g/mol. The maximum atomic E-state index is 11.9. The van der Waals surface area contributed by atoms with E-state index >= 15 is 0 Å². The topological polar surface area (TPSA) is 102 Å². The molecule has 0 heterocycles. The molecule has 110 valence electrons. The Morgan fingerprint density at radius 2 is 2.14 bits per heavy atom. The molecule has 1 aromatic carbocycles. The number of nitrogens with zero attached hydrogens (tertiary/aromatic N) is 1. The fourth-order valence-electron chi connectivity index (χ4n) is 2.60. The number of hydrogen-bond acceptors (Lipinski definition) is 3. The molecule has 3 N–H and O–H groups in total. The largest absolute Gasteiger partial charge is 0.481 e. The summed E-state index contributed by atoms with van der Waals surface area (Å²) < 4.78 is 0. The van der Waals surface area contributed by atoms with Gasteiger partial charge in [-0.1, -0.05) is 12.1 Å². The second kappa shape index (κ2) is 6.27. The Bertz CT molecular complexity index is 607. The first-order chi connectivity index (χ1) is 10.0. The number of carbonyl (C=O) groups is 2. The summed E-state index contributed by atoms with van der Waals surface area (Å²) in [7, 11) is 0. The summed E-state index contributed by atoms with van der Waals surface area (Å²) in [5, 5.41) is 23.5. The lowest BCUT2D eigenvalue weighted by molar-refractivity contribution is -0.141. The van der Waals surface area contributed by atoms with E-state index < -0.39 is 12.0 Å². The second-order valence-electron chi connectivity index (χ2n) is 5.25. The number of nitrogens with one attached hydrogen (secondary N) is 2. The van der Waals surface area contributed by atoms with E-state index in [9.17, 15) is 9.59 Å². The van der Waals surface area contributed by atoms with Gasteiger partial charge in [0.1, 0.15) is 6.07 Å². The monoisotopic (exact) mass is 287 g/mol. The maximum absolute atomic E-state index is 11.9. The first-order valence-electron chi connectivity index (χ1n) is 6.81. The molecule has 1 saturated carbocycles. The van der Waals surface area contributed by atoms with E-state index in [1.54, 1.807) is 25.1 Å². The Kier molecular flexibility index (Phi) is 4.43. The Labute approximate surface area is 122 Å². The van der Waals surface area contributed by atoms with Crippen molar-refractivity contribution in [2.75, 3.05) is 5.32 Å². The summed E-state index contributed by atoms with van der Waals surface area (Å²) in [5.41, 5.74) is 1.69. The summed E-state index contributed by atoms with van der Waals surface area (Å²) in [4.78, 5) is 22.8. The van der Waals surface area contributed by atoms with Crippen molar-refractivity contribution in [3.63, 3.8) is 0 Å². The van der Waals surface area contributed by atoms with Crippen LogP contribution >= 0.6 is 0 Å². The smallest absolute Gasteiger partial charge is 0.319 e. The highest BCUT2D eigenvalue weighted by Gasteiger charge is 2.30. The lowest BCUT2D eigenvalue weighted by Crippen LogP contribution is -2.36. The lowest BCUT2D eigenvalue weighted by atomic mass is 10.1. The molecule has 0 radical (unpaired) electrons. The Balaban J connectivity index is 1.96. The van der Waals surface area contributed by atoms with Crippen molar-refractivity contribution in [2.24, 2.45) is 5.92 Å². The van der Waals surface area contributed by atoms with E-state index in [-0.39, 0.29) is 12.0 Å². The summed E-state index contributed by atoms with van der Waals surface area (Å²) in [6.07, 6.45) is 1.68. The number of carboxylic acids is 1. The first-order valence-corrected chi connectivity index (χ1v) is 6.81.